The number of benzene rings is 1. The van der Waals surface area contributed by atoms with Crippen LogP contribution in [-0.4, -0.2) is 73.0 Å². The highest BCUT2D eigenvalue weighted by Crippen LogP contribution is 2.30. The summed E-state index contributed by atoms with van der Waals surface area (Å²) in [5.41, 5.74) is 3.73. The number of thiophene rings is 1. The first kappa shape index (κ1) is 31.8. The molecule has 0 spiro atoms. The van der Waals surface area contributed by atoms with Crippen molar-refractivity contribution in [2.45, 2.75) is 63.1 Å². The molecule has 11 nitrogen and oxygen atoms in total. The van der Waals surface area contributed by atoms with Crippen molar-refractivity contribution in [3.05, 3.63) is 58.0 Å². The summed E-state index contributed by atoms with van der Waals surface area (Å²) in [5, 5.41) is 13.3. The Morgan fingerprint density at radius 1 is 1.17 bits per heavy atom. The molecule has 0 unspecified atom stereocenters. The molecule has 1 aliphatic rings. The average Bonchev–Trinajstić information content (AvgIpc) is 3.69. The predicted octanol–water partition coefficient (Wildman–Crippen LogP) is 2.94. The van der Waals surface area contributed by atoms with E-state index in [4.69, 9.17) is 0 Å². The van der Waals surface area contributed by atoms with E-state index in [2.05, 4.69) is 19.8 Å². The highest BCUT2D eigenvalue weighted by Gasteiger charge is 2.45. The molecule has 2 aromatic heterocycles. The van der Waals surface area contributed by atoms with Crippen LogP contribution in [0.2, 0.25) is 0 Å². The van der Waals surface area contributed by atoms with Crippen molar-refractivity contribution in [2.75, 3.05) is 13.7 Å². The lowest BCUT2D eigenvalue weighted by Crippen LogP contribution is -2.57. The quantitative estimate of drug-likeness (QED) is 0.304. The SMILES string of the molecule is COC(=O)c1ccc(S(=O)(=O)N[C@@H](C(=O)N2C[C@H](O)C[C@H]2C(=O)NCc2ccc(-c3scnc3C)cc2)C(C)(C)C)s1. The van der Waals surface area contributed by atoms with E-state index in [0.717, 1.165) is 33.0 Å². The Balaban J connectivity index is 1.47. The van der Waals surface area contributed by atoms with Crippen LogP contribution >= 0.6 is 22.7 Å². The number of amides is 2. The molecule has 2 amide bonds. The number of ether oxygens (including phenoxy) is 1. The number of aromatic nitrogens is 1. The molecule has 0 radical (unpaired) electrons. The summed E-state index contributed by atoms with van der Waals surface area (Å²) in [6.07, 6.45) is -0.915. The van der Waals surface area contributed by atoms with Crippen LogP contribution in [0.4, 0.5) is 0 Å². The molecule has 3 aromatic rings. The Kier molecular flexibility index (Phi) is 9.52. The van der Waals surface area contributed by atoms with Crippen LogP contribution in [0.5, 0.6) is 0 Å². The fraction of sp³-hybridized carbons (Fsp3) is 0.429. The zero-order valence-corrected chi connectivity index (χ0v) is 26.4. The van der Waals surface area contributed by atoms with Crippen LogP contribution in [-0.2, 0) is 30.9 Å². The lowest BCUT2D eigenvalue weighted by Gasteiger charge is -2.35. The van der Waals surface area contributed by atoms with Crippen molar-refractivity contribution in [3.8, 4) is 10.4 Å². The largest absolute Gasteiger partial charge is 0.465 e. The van der Waals surface area contributed by atoms with Gasteiger partial charge in [0.1, 0.15) is 21.2 Å². The number of aryl methyl sites for hydroxylation is 1. The van der Waals surface area contributed by atoms with E-state index in [1.165, 1.54) is 24.1 Å². The minimum absolute atomic E-state index is 0.0260. The summed E-state index contributed by atoms with van der Waals surface area (Å²) in [7, 11) is -3.02. The van der Waals surface area contributed by atoms with Crippen molar-refractivity contribution in [2.24, 2.45) is 5.41 Å². The number of sulfonamides is 1. The lowest BCUT2D eigenvalue weighted by molar-refractivity contribution is -0.141. The van der Waals surface area contributed by atoms with Gasteiger partial charge in [0.2, 0.25) is 11.8 Å². The molecule has 3 N–H and O–H groups in total. The zero-order valence-electron chi connectivity index (χ0n) is 23.9. The van der Waals surface area contributed by atoms with Crippen molar-refractivity contribution in [1.29, 1.82) is 0 Å². The van der Waals surface area contributed by atoms with Gasteiger partial charge in [0.15, 0.2) is 0 Å². The summed E-state index contributed by atoms with van der Waals surface area (Å²) < 4.78 is 33.4. The Hall–Kier alpha value is -3.17. The molecule has 1 aliphatic heterocycles. The fourth-order valence-electron chi connectivity index (χ4n) is 4.62. The van der Waals surface area contributed by atoms with Crippen LogP contribution in [0.25, 0.3) is 10.4 Å². The number of aliphatic hydroxyl groups excluding tert-OH is 1. The van der Waals surface area contributed by atoms with Crippen LogP contribution in [0.1, 0.15) is 48.1 Å². The molecule has 4 rings (SSSR count). The number of β-amino-alcohol motifs (C(OH)–C–C–N with tert-alkyl or cyclic N) is 1. The first-order valence-electron chi connectivity index (χ1n) is 13.2. The van der Waals surface area contributed by atoms with Gasteiger partial charge in [0, 0.05) is 19.5 Å². The number of rotatable bonds is 9. The Morgan fingerprint density at radius 2 is 1.86 bits per heavy atom. The average molecular weight is 635 g/mol. The van der Waals surface area contributed by atoms with Crippen molar-refractivity contribution in [3.63, 3.8) is 0 Å². The molecule has 3 heterocycles. The molecule has 0 saturated carbocycles. The Morgan fingerprint density at radius 3 is 2.45 bits per heavy atom. The molecule has 1 fully saturated rings. The number of likely N-dealkylation sites (tertiary alicyclic amines) is 1. The third-order valence-electron chi connectivity index (χ3n) is 6.91. The second-order valence-electron chi connectivity index (χ2n) is 11.1. The number of hydrogen-bond acceptors (Lipinski definition) is 10. The maximum atomic E-state index is 13.8. The highest BCUT2D eigenvalue weighted by atomic mass is 32.2. The van der Waals surface area contributed by atoms with Gasteiger partial charge in [-0.3, -0.25) is 9.59 Å². The van der Waals surface area contributed by atoms with Gasteiger partial charge in [0.05, 0.1) is 29.3 Å². The van der Waals surface area contributed by atoms with Crippen molar-refractivity contribution in [1.82, 2.24) is 19.9 Å². The predicted molar refractivity (Wildman–Crippen MR) is 159 cm³/mol. The van der Waals surface area contributed by atoms with Crippen LogP contribution in [0.3, 0.4) is 0 Å². The number of esters is 1. The minimum atomic E-state index is -4.21. The smallest absolute Gasteiger partial charge is 0.348 e. The van der Waals surface area contributed by atoms with E-state index < -0.39 is 51.4 Å². The molecule has 0 bridgehead atoms. The third kappa shape index (κ3) is 7.06. The molecule has 1 saturated heterocycles. The summed E-state index contributed by atoms with van der Waals surface area (Å²) in [4.78, 5) is 45.6. The van der Waals surface area contributed by atoms with Crippen molar-refractivity contribution >= 4 is 50.5 Å². The van der Waals surface area contributed by atoms with E-state index in [1.807, 2.05) is 31.2 Å². The highest BCUT2D eigenvalue weighted by molar-refractivity contribution is 7.91. The number of thiazole rings is 1. The first-order chi connectivity index (χ1) is 19.7. The summed E-state index contributed by atoms with van der Waals surface area (Å²) in [5.74, 6) is -1.74. The fourth-order valence-corrected chi connectivity index (χ4v) is 8.07. The standard InChI is InChI=1S/C28H34N4O7S3/c1-16-23(40-15-30-16)18-8-6-17(7-9-18)13-29-25(34)20-12-19(33)14-32(20)26(35)24(28(2,3)4)31-42(37,38)22-11-10-21(41-22)27(36)39-5/h6-11,15,19-20,24,31,33H,12-14H2,1-5H3,(H,29,34)/t19-,20+,24+/m1/s1. The van der Waals surface area contributed by atoms with Gasteiger partial charge in [-0.15, -0.1) is 22.7 Å². The minimum Gasteiger partial charge on any atom is -0.465 e. The number of methoxy groups -OCH3 is 1. The van der Waals surface area contributed by atoms with Crippen LogP contribution in [0.15, 0.2) is 46.1 Å². The Bertz CT molecular complexity index is 1560. The van der Waals surface area contributed by atoms with Gasteiger partial charge in [-0.05, 0) is 35.6 Å². The van der Waals surface area contributed by atoms with Gasteiger partial charge in [0.25, 0.3) is 10.0 Å². The van der Waals surface area contributed by atoms with E-state index in [0.29, 0.717) is 0 Å². The normalized spacial score (nSPS) is 18.1. The lowest BCUT2D eigenvalue weighted by atomic mass is 9.86. The Labute approximate surface area is 253 Å². The third-order valence-corrected chi connectivity index (χ3v) is 10.9. The number of carbonyl (C=O) groups excluding carboxylic acids is 3. The van der Waals surface area contributed by atoms with Gasteiger partial charge in [-0.25, -0.2) is 18.2 Å². The monoisotopic (exact) mass is 634 g/mol. The number of hydrogen-bond donors (Lipinski definition) is 3. The van der Waals surface area contributed by atoms with Crippen molar-refractivity contribution < 1.29 is 32.6 Å². The number of aliphatic hydroxyl groups is 1. The van der Waals surface area contributed by atoms with E-state index in [1.54, 1.807) is 37.6 Å². The molecule has 0 aliphatic carbocycles. The van der Waals surface area contributed by atoms with Gasteiger partial charge in [-0.2, -0.15) is 4.72 Å². The molecule has 3 atom stereocenters. The topological polar surface area (TPSA) is 155 Å². The van der Waals surface area contributed by atoms with E-state index in [9.17, 15) is 27.9 Å². The molecule has 42 heavy (non-hydrogen) atoms. The van der Waals surface area contributed by atoms with Crippen LogP contribution in [0, 0.1) is 12.3 Å². The molecule has 1 aromatic carbocycles. The van der Waals surface area contributed by atoms with Crippen LogP contribution < -0.4 is 10.0 Å². The molecular weight excluding hydrogens is 601 g/mol. The molecule has 14 heteroatoms. The van der Waals surface area contributed by atoms with Gasteiger partial charge < -0.3 is 20.1 Å². The van der Waals surface area contributed by atoms with E-state index >= 15 is 0 Å². The second-order valence-corrected chi connectivity index (χ2v) is 15.0. The number of nitrogens with zero attached hydrogens (tertiary/aromatic N) is 2. The first-order valence-corrected chi connectivity index (χ1v) is 16.4. The summed E-state index contributed by atoms with van der Waals surface area (Å²) in [6, 6.07) is 8.10. The van der Waals surface area contributed by atoms with Gasteiger partial charge in [-0.1, -0.05) is 45.0 Å². The summed E-state index contributed by atoms with van der Waals surface area (Å²) in [6.45, 7) is 7.15. The molecular formula is C28H34N4O7S3. The zero-order chi connectivity index (χ0) is 30.8. The second kappa shape index (κ2) is 12.6. The van der Waals surface area contributed by atoms with Gasteiger partial charge >= 0.3 is 5.97 Å². The maximum Gasteiger partial charge on any atom is 0.348 e. The van der Waals surface area contributed by atoms with E-state index in [-0.39, 0.29) is 28.6 Å². The number of carbonyl (C=O) groups is 3. The summed E-state index contributed by atoms with van der Waals surface area (Å²) >= 11 is 2.28. The number of nitrogens with one attached hydrogen (secondary N) is 2. The molecule has 226 valence electrons. The maximum absolute atomic E-state index is 13.8.